The molecule has 3 rings (SSSR count). The van der Waals surface area contributed by atoms with Crippen LogP contribution in [0.3, 0.4) is 0 Å². The molecule has 1 saturated heterocycles. The van der Waals surface area contributed by atoms with Crippen LogP contribution in [0.2, 0.25) is 0 Å². The topological polar surface area (TPSA) is 20.5 Å². The van der Waals surface area contributed by atoms with Crippen LogP contribution in [0, 0.1) is 0 Å². The number of rotatable bonds is 3. The van der Waals surface area contributed by atoms with Crippen LogP contribution >= 0.6 is 23.4 Å². The second-order valence-electron chi connectivity index (χ2n) is 4.57. The molecule has 1 aliphatic heterocycles. The Kier molecular flexibility index (Phi) is 3.39. The molecule has 0 amide bonds. The fourth-order valence-electron chi connectivity index (χ4n) is 2.44. The Balaban J connectivity index is 2.04. The molecular weight excluding hydrogens is 266 g/mol. The maximum absolute atomic E-state index is 6.11. The molecule has 0 aliphatic carbocycles. The van der Waals surface area contributed by atoms with Crippen molar-refractivity contribution in [2.45, 2.75) is 18.3 Å². The van der Waals surface area contributed by atoms with Gasteiger partial charge in [-0.3, -0.25) is 0 Å². The lowest BCUT2D eigenvalue weighted by atomic mass is 10.2. The predicted molar refractivity (Wildman–Crippen MR) is 78.9 cm³/mol. The first-order valence-corrected chi connectivity index (χ1v) is 7.82. The molecule has 0 N–H and O–H groups in total. The van der Waals surface area contributed by atoms with E-state index in [1.165, 1.54) is 17.9 Å². The van der Waals surface area contributed by atoms with Gasteiger partial charge in [0.15, 0.2) is 5.82 Å². The first-order valence-electron chi connectivity index (χ1n) is 6.13. The Labute approximate surface area is 116 Å². The van der Waals surface area contributed by atoms with Crippen molar-refractivity contribution < 1.29 is 0 Å². The Morgan fingerprint density at radius 3 is 3.17 bits per heavy atom. The molecule has 1 atom stereocenters. The second kappa shape index (κ2) is 5.02. The van der Waals surface area contributed by atoms with Gasteiger partial charge < -0.3 is 9.30 Å². The number of pyridine rings is 1. The Morgan fingerprint density at radius 2 is 2.44 bits per heavy atom. The van der Waals surface area contributed by atoms with E-state index in [1.807, 2.05) is 36.2 Å². The molecule has 96 valence electrons. The number of fused-ring (bicyclic) bond motifs is 1. The highest BCUT2D eigenvalue weighted by molar-refractivity contribution is 7.99. The van der Waals surface area contributed by atoms with Gasteiger partial charge in [-0.25, -0.2) is 4.98 Å². The summed E-state index contributed by atoms with van der Waals surface area (Å²) >= 11 is 8.13. The summed E-state index contributed by atoms with van der Waals surface area (Å²) in [5.41, 5.74) is 2.06. The van der Waals surface area contributed by atoms with E-state index in [-0.39, 0.29) is 0 Å². The number of alkyl halides is 1. The van der Waals surface area contributed by atoms with Gasteiger partial charge in [0.1, 0.15) is 5.65 Å². The highest BCUT2D eigenvalue weighted by Gasteiger charge is 2.24. The maximum Gasteiger partial charge on any atom is 0.152 e. The van der Waals surface area contributed by atoms with Gasteiger partial charge in [0.05, 0.1) is 11.6 Å². The summed E-state index contributed by atoms with van der Waals surface area (Å²) < 4.78 is 2.08. The summed E-state index contributed by atoms with van der Waals surface area (Å²) in [6.07, 6.45) is 3.26. The quantitative estimate of drug-likeness (QED) is 0.807. The van der Waals surface area contributed by atoms with Gasteiger partial charge in [-0.2, -0.15) is 11.8 Å². The summed E-state index contributed by atoms with van der Waals surface area (Å²) in [5.74, 6) is 3.96. The Bertz CT molecular complexity index is 548. The van der Waals surface area contributed by atoms with Crippen molar-refractivity contribution in [3.05, 3.63) is 30.1 Å². The molecule has 18 heavy (non-hydrogen) atoms. The van der Waals surface area contributed by atoms with E-state index in [2.05, 4.69) is 16.3 Å². The minimum absolute atomic E-state index is 0.491. The molecule has 0 bridgehead atoms. The van der Waals surface area contributed by atoms with Gasteiger partial charge in [0.25, 0.3) is 0 Å². The number of imidazole rings is 1. The van der Waals surface area contributed by atoms with Crippen LogP contribution < -0.4 is 4.90 Å². The van der Waals surface area contributed by atoms with Crippen LogP contribution in [0.15, 0.2) is 24.4 Å². The highest BCUT2D eigenvalue weighted by Crippen LogP contribution is 2.29. The average molecular weight is 282 g/mol. The minimum Gasteiger partial charge on any atom is -0.354 e. The van der Waals surface area contributed by atoms with Gasteiger partial charge in [-0.15, -0.1) is 11.6 Å². The number of hydrogen-bond donors (Lipinski definition) is 0. The van der Waals surface area contributed by atoms with Crippen LogP contribution in [0.25, 0.3) is 5.65 Å². The largest absolute Gasteiger partial charge is 0.354 e. The number of hydrogen-bond acceptors (Lipinski definition) is 3. The van der Waals surface area contributed by atoms with Crippen molar-refractivity contribution in [3.63, 3.8) is 0 Å². The predicted octanol–water partition coefficient (Wildman–Crippen LogP) is 3.01. The number of anilines is 1. The standard InChI is InChI=1S/C13H16ClN3S/c1-16(10-5-7-18-9-10)13-11(8-14)17-6-3-2-4-12(17)15-13/h2-4,6,10H,5,7-9H2,1H3. The third-order valence-corrected chi connectivity index (χ3v) is 4.92. The number of aromatic nitrogens is 2. The molecule has 1 fully saturated rings. The zero-order valence-corrected chi connectivity index (χ0v) is 11.9. The molecule has 2 aromatic rings. The summed E-state index contributed by atoms with van der Waals surface area (Å²) in [4.78, 5) is 7.02. The minimum atomic E-state index is 0.491. The summed E-state index contributed by atoms with van der Waals surface area (Å²) in [6, 6.07) is 6.63. The van der Waals surface area contributed by atoms with Crippen molar-refractivity contribution in [1.29, 1.82) is 0 Å². The highest BCUT2D eigenvalue weighted by atomic mass is 35.5. The molecule has 2 aromatic heterocycles. The van der Waals surface area contributed by atoms with Gasteiger partial charge in [0, 0.05) is 25.0 Å². The van der Waals surface area contributed by atoms with E-state index in [1.54, 1.807) is 0 Å². The fraction of sp³-hybridized carbons (Fsp3) is 0.462. The number of thioether (sulfide) groups is 1. The van der Waals surface area contributed by atoms with E-state index in [9.17, 15) is 0 Å². The number of halogens is 1. The number of nitrogens with zero attached hydrogens (tertiary/aromatic N) is 3. The van der Waals surface area contributed by atoms with E-state index in [0.717, 1.165) is 17.2 Å². The first kappa shape index (κ1) is 12.2. The van der Waals surface area contributed by atoms with Crippen molar-refractivity contribution >= 4 is 34.8 Å². The van der Waals surface area contributed by atoms with Crippen LogP contribution in [-0.2, 0) is 5.88 Å². The van der Waals surface area contributed by atoms with Gasteiger partial charge in [-0.05, 0) is 24.3 Å². The van der Waals surface area contributed by atoms with Crippen molar-refractivity contribution in [2.24, 2.45) is 0 Å². The molecule has 5 heteroatoms. The van der Waals surface area contributed by atoms with Crippen molar-refractivity contribution in [3.8, 4) is 0 Å². The van der Waals surface area contributed by atoms with Gasteiger partial charge in [-0.1, -0.05) is 6.07 Å². The first-order chi connectivity index (χ1) is 8.81. The fourth-order valence-corrected chi connectivity index (χ4v) is 3.96. The second-order valence-corrected chi connectivity index (χ2v) is 5.99. The van der Waals surface area contributed by atoms with E-state index in [0.29, 0.717) is 11.9 Å². The monoisotopic (exact) mass is 281 g/mol. The maximum atomic E-state index is 6.11. The summed E-state index contributed by atoms with van der Waals surface area (Å²) in [6.45, 7) is 0. The van der Waals surface area contributed by atoms with Crippen molar-refractivity contribution in [1.82, 2.24) is 9.38 Å². The zero-order valence-electron chi connectivity index (χ0n) is 10.3. The normalized spacial score (nSPS) is 19.6. The lowest BCUT2D eigenvalue weighted by Crippen LogP contribution is -2.32. The third-order valence-electron chi connectivity index (χ3n) is 3.52. The SMILES string of the molecule is CN(c1nc2ccccn2c1CCl)C1CCSC1. The molecule has 0 radical (unpaired) electrons. The molecule has 0 spiro atoms. The zero-order chi connectivity index (χ0) is 12.5. The molecule has 0 aromatic carbocycles. The summed E-state index contributed by atoms with van der Waals surface area (Å²) in [5, 5.41) is 0. The van der Waals surface area contributed by atoms with Crippen LogP contribution in [0.5, 0.6) is 0 Å². The molecule has 3 heterocycles. The summed E-state index contributed by atoms with van der Waals surface area (Å²) in [7, 11) is 2.13. The Morgan fingerprint density at radius 1 is 1.56 bits per heavy atom. The van der Waals surface area contributed by atoms with E-state index >= 15 is 0 Å². The molecule has 3 nitrogen and oxygen atoms in total. The lowest BCUT2D eigenvalue weighted by Gasteiger charge is -2.24. The van der Waals surface area contributed by atoms with Gasteiger partial charge in [0.2, 0.25) is 0 Å². The molecule has 1 unspecified atom stereocenters. The van der Waals surface area contributed by atoms with E-state index < -0.39 is 0 Å². The average Bonchev–Trinajstić information content (AvgIpc) is 3.04. The van der Waals surface area contributed by atoms with Crippen LogP contribution in [0.4, 0.5) is 5.82 Å². The van der Waals surface area contributed by atoms with Crippen LogP contribution in [-0.4, -0.2) is 34.0 Å². The molecular formula is C13H16ClN3S. The Hall–Kier alpha value is -0.870. The van der Waals surface area contributed by atoms with Gasteiger partial charge >= 0.3 is 0 Å². The molecule has 0 saturated carbocycles. The smallest absolute Gasteiger partial charge is 0.152 e. The van der Waals surface area contributed by atoms with E-state index in [4.69, 9.17) is 16.6 Å². The third kappa shape index (κ3) is 1.97. The molecule has 1 aliphatic rings. The van der Waals surface area contributed by atoms with Crippen LogP contribution in [0.1, 0.15) is 12.1 Å². The lowest BCUT2D eigenvalue weighted by molar-refractivity contribution is 0.691. The van der Waals surface area contributed by atoms with Crippen molar-refractivity contribution in [2.75, 3.05) is 23.5 Å².